The number of aromatic nitrogens is 2. The molecule has 0 aliphatic heterocycles. The second-order valence-corrected chi connectivity index (χ2v) is 4.95. The van der Waals surface area contributed by atoms with Crippen LogP contribution >= 0.6 is 11.3 Å². The molecule has 2 aromatic heterocycles. The molecule has 0 bridgehead atoms. The third-order valence-corrected chi connectivity index (χ3v) is 3.66. The van der Waals surface area contributed by atoms with Crippen molar-refractivity contribution in [3.63, 3.8) is 0 Å². The molecule has 0 aromatic carbocycles. The highest BCUT2D eigenvalue weighted by atomic mass is 32.1. The van der Waals surface area contributed by atoms with Gasteiger partial charge in [0.1, 0.15) is 0 Å². The van der Waals surface area contributed by atoms with Crippen LogP contribution in [-0.2, 0) is 11.2 Å². The first-order valence-electron chi connectivity index (χ1n) is 5.78. The van der Waals surface area contributed by atoms with E-state index in [-0.39, 0.29) is 5.92 Å². The lowest BCUT2D eigenvalue weighted by molar-refractivity contribution is -0.141. The second-order valence-electron chi connectivity index (χ2n) is 4.01. The molecule has 0 radical (unpaired) electrons. The van der Waals surface area contributed by atoms with Gasteiger partial charge in [0.15, 0.2) is 0 Å². The van der Waals surface area contributed by atoms with Crippen molar-refractivity contribution < 1.29 is 9.90 Å². The van der Waals surface area contributed by atoms with Crippen LogP contribution in [0, 0.1) is 5.92 Å². The normalized spacial score (nSPS) is 12.3. The van der Waals surface area contributed by atoms with E-state index in [9.17, 15) is 4.79 Å². The largest absolute Gasteiger partial charge is 0.481 e. The number of carboxylic acid groups (broad SMARTS) is 1. The van der Waals surface area contributed by atoms with E-state index in [0.717, 1.165) is 16.3 Å². The third kappa shape index (κ3) is 2.92. The van der Waals surface area contributed by atoms with Gasteiger partial charge in [-0.2, -0.15) is 0 Å². The van der Waals surface area contributed by atoms with Gasteiger partial charge < -0.3 is 5.11 Å². The number of aliphatic carboxylic acids is 1. The van der Waals surface area contributed by atoms with Crippen molar-refractivity contribution in [2.24, 2.45) is 5.92 Å². The fraction of sp³-hybridized carbons (Fsp3) is 0.308. The summed E-state index contributed by atoms with van der Waals surface area (Å²) in [6, 6.07) is 3.79. The molecular weight excluding hydrogens is 248 g/mol. The summed E-state index contributed by atoms with van der Waals surface area (Å²) in [5, 5.41) is 11.9. The monoisotopic (exact) mass is 262 g/mol. The van der Waals surface area contributed by atoms with Crippen LogP contribution in [0.25, 0.3) is 11.3 Å². The van der Waals surface area contributed by atoms with E-state index in [0.29, 0.717) is 12.8 Å². The summed E-state index contributed by atoms with van der Waals surface area (Å²) in [6.07, 6.45) is 4.57. The number of rotatable bonds is 5. The number of hydrogen-bond donors (Lipinski definition) is 1. The number of thiazole rings is 1. The lowest BCUT2D eigenvalue weighted by atomic mass is 10.0. The Bertz CT molecular complexity index is 525. The quantitative estimate of drug-likeness (QED) is 0.900. The van der Waals surface area contributed by atoms with E-state index in [4.69, 9.17) is 5.11 Å². The molecule has 0 aliphatic rings. The maximum absolute atomic E-state index is 11.0. The molecule has 0 amide bonds. The topological polar surface area (TPSA) is 63.1 Å². The minimum absolute atomic E-state index is 0.346. The van der Waals surface area contributed by atoms with Crippen LogP contribution < -0.4 is 0 Å². The van der Waals surface area contributed by atoms with Crippen molar-refractivity contribution in [2.45, 2.75) is 19.8 Å². The minimum atomic E-state index is -0.752. The zero-order valence-corrected chi connectivity index (χ0v) is 10.9. The van der Waals surface area contributed by atoms with Crippen molar-refractivity contribution in [3.05, 3.63) is 34.9 Å². The zero-order valence-electron chi connectivity index (χ0n) is 10.0. The van der Waals surface area contributed by atoms with Gasteiger partial charge in [-0.15, -0.1) is 11.3 Å². The molecule has 0 spiro atoms. The first-order chi connectivity index (χ1) is 8.70. The van der Waals surface area contributed by atoms with Crippen molar-refractivity contribution in [2.75, 3.05) is 0 Å². The fourth-order valence-electron chi connectivity index (χ4n) is 1.68. The Balaban J connectivity index is 2.14. The summed E-state index contributed by atoms with van der Waals surface area (Å²) in [5.74, 6) is -1.10. The van der Waals surface area contributed by atoms with Gasteiger partial charge in [0.05, 0.1) is 16.6 Å². The molecule has 1 atom stereocenters. The van der Waals surface area contributed by atoms with Crippen LogP contribution in [0.3, 0.4) is 0 Å². The lowest BCUT2D eigenvalue weighted by Gasteiger charge is -2.06. The molecule has 2 heterocycles. The highest BCUT2D eigenvalue weighted by molar-refractivity contribution is 7.09. The van der Waals surface area contributed by atoms with E-state index in [1.54, 1.807) is 12.4 Å². The number of carbonyl (C=O) groups is 1. The third-order valence-electron chi connectivity index (χ3n) is 2.79. The van der Waals surface area contributed by atoms with Crippen LogP contribution in [0.1, 0.15) is 18.4 Å². The van der Waals surface area contributed by atoms with Gasteiger partial charge in [-0.25, -0.2) is 4.98 Å². The van der Waals surface area contributed by atoms with Gasteiger partial charge in [-0.3, -0.25) is 9.78 Å². The summed E-state index contributed by atoms with van der Waals surface area (Å²) in [6.45, 7) is 1.89. The molecule has 94 valence electrons. The van der Waals surface area contributed by atoms with Gasteiger partial charge in [-0.1, -0.05) is 6.92 Å². The molecule has 18 heavy (non-hydrogen) atoms. The molecule has 0 saturated heterocycles. The van der Waals surface area contributed by atoms with Crippen molar-refractivity contribution >= 4 is 17.3 Å². The first kappa shape index (κ1) is 12.7. The highest BCUT2D eigenvalue weighted by Crippen LogP contribution is 2.23. The van der Waals surface area contributed by atoms with E-state index in [1.807, 2.05) is 24.4 Å². The Labute approximate surface area is 109 Å². The second kappa shape index (κ2) is 5.73. The summed E-state index contributed by atoms with van der Waals surface area (Å²) in [4.78, 5) is 19.4. The molecule has 0 saturated carbocycles. The number of pyridine rings is 1. The van der Waals surface area contributed by atoms with Crippen LogP contribution in [0.2, 0.25) is 0 Å². The fourth-order valence-corrected chi connectivity index (χ4v) is 2.56. The Morgan fingerprint density at radius 2 is 2.17 bits per heavy atom. The van der Waals surface area contributed by atoms with Gasteiger partial charge >= 0.3 is 5.97 Å². The summed E-state index contributed by atoms with van der Waals surface area (Å²) >= 11 is 1.51. The maximum Gasteiger partial charge on any atom is 0.306 e. The molecule has 0 fully saturated rings. The average molecular weight is 262 g/mol. The van der Waals surface area contributed by atoms with Gasteiger partial charge in [0, 0.05) is 29.8 Å². The van der Waals surface area contributed by atoms with Crippen LogP contribution in [0.4, 0.5) is 0 Å². The predicted molar refractivity (Wildman–Crippen MR) is 70.5 cm³/mol. The van der Waals surface area contributed by atoms with Gasteiger partial charge in [0.2, 0.25) is 0 Å². The van der Waals surface area contributed by atoms with E-state index >= 15 is 0 Å². The summed E-state index contributed by atoms with van der Waals surface area (Å²) in [5.41, 5.74) is 1.90. The molecule has 1 N–H and O–H groups in total. The first-order valence-corrected chi connectivity index (χ1v) is 6.66. The SMILES string of the molecule is CCC(Cc1nc(-c2ccncc2)cs1)C(=O)O. The predicted octanol–water partition coefficient (Wildman–Crippen LogP) is 2.86. The molecular formula is C13H14N2O2S. The van der Waals surface area contributed by atoms with Crippen molar-refractivity contribution in [1.29, 1.82) is 0 Å². The van der Waals surface area contributed by atoms with E-state index in [1.165, 1.54) is 11.3 Å². The smallest absolute Gasteiger partial charge is 0.306 e. The minimum Gasteiger partial charge on any atom is -0.481 e. The Morgan fingerprint density at radius 1 is 1.44 bits per heavy atom. The summed E-state index contributed by atoms with van der Waals surface area (Å²) < 4.78 is 0. The van der Waals surface area contributed by atoms with Crippen LogP contribution in [-0.4, -0.2) is 21.0 Å². The zero-order chi connectivity index (χ0) is 13.0. The maximum atomic E-state index is 11.0. The van der Waals surface area contributed by atoms with E-state index < -0.39 is 5.97 Å². The molecule has 5 heteroatoms. The summed E-state index contributed by atoms with van der Waals surface area (Å²) in [7, 11) is 0. The molecule has 2 rings (SSSR count). The van der Waals surface area contributed by atoms with Crippen LogP contribution in [0.5, 0.6) is 0 Å². The Morgan fingerprint density at radius 3 is 2.78 bits per heavy atom. The molecule has 0 aliphatic carbocycles. The van der Waals surface area contributed by atoms with Crippen molar-refractivity contribution in [3.8, 4) is 11.3 Å². The van der Waals surface area contributed by atoms with Crippen LogP contribution in [0.15, 0.2) is 29.9 Å². The van der Waals surface area contributed by atoms with E-state index in [2.05, 4.69) is 9.97 Å². The number of carboxylic acids is 1. The lowest BCUT2D eigenvalue weighted by Crippen LogP contribution is -2.15. The van der Waals surface area contributed by atoms with Gasteiger partial charge in [0.25, 0.3) is 0 Å². The van der Waals surface area contributed by atoms with Crippen molar-refractivity contribution in [1.82, 2.24) is 9.97 Å². The highest BCUT2D eigenvalue weighted by Gasteiger charge is 2.17. The molecule has 4 nitrogen and oxygen atoms in total. The number of hydrogen-bond acceptors (Lipinski definition) is 4. The number of nitrogens with zero attached hydrogens (tertiary/aromatic N) is 2. The molecule has 1 unspecified atom stereocenters. The average Bonchev–Trinajstić information content (AvgIpc) is 2.85. The standard InChI is InChI=1S/C13H14N2O2S/c1-2-9(13(16)17)7-12-15-11(8-18-12)10-3-5-14-6-4-10/h3-6,8-9H,2,7H2,1H3,(H,16,17). The van der Waals surface area contributed by atoms with Gasteiger partial charge in [-0.05, 0) is 18.6 Å². The Kier molecular flexibility index (Phi) is 4.04. The Hall–Kier alpha value is -1.75. The molecule has 2 aromatic rings.